The molecule has 5 heteroatoms. The van der Waals surface area contributed by atoms with Crippen LogP contribution < -0.4 is 23.8 Å². The number of anilines is 1. The molecule has 2 aliphatic heterocycles. The standard InChI is InChI=1S/C37H33NO4/c1-26(30-22-28-6-2-4-8-36(28)39-24-30)27-10-14-32(15-11-27)41-34-18-20-35(21-19-34)42-33-16-12-31(13-17-33)38-23-29-7-3-5-9-37(29)40-25-38/h2-21,26,30H,22-25H2,1H3. The predicted molar refractivity (Wildman–Crippen MR) is 165 cm³/mol. The van der Waals surface area contributed by atoms with Crippen molar-refractivity contribution in [2.75, 3.05) is 18.2 Å². The SMILES string of the molecule is CC(c1ccc(Oc2ccc(Oc3ccc(N4COc5ccccc5C4)cc3)cc2)cc1)C1COc2ccccc2C1. The van der Waals surface area contributed by atoms with Crippen LogP contribution in [0.2, 0.25) is 0 Å². The Kier molecular flexibility index (Phi) is 7.15. The van der Waals surface area contributed by atoms with Gasteiger partial charge in [0.05, 0.1) is 6.61 Å². The summed E-state index contributed by atoms with van der Waals surface area (Å²) in [5.41, 5.74) is 4.88. The van der Waals surface area contributed by atoms with E-state index in [9.17, 15) is 0 Å². The lowest BCUT2D eigenvalue weighted by Crippen LogP contribution is -2.31. The van der Waals surface area contributed by atoms with Crippen LogP contribution in [0.3, 0.4) is 0 Å². The molecule has 7 rings (SSSR count). The van der Waals surface area contributed by atoms with E-state index in [2.05, 4.69) is 60.4 Å². The van der Waals surface area contributed by atoms with Crippen molar-refractivity contribution in [3.63, 3.8) is 0 Å². The molecule has 5 nitrogen and oxygen atoms in total. The molecule has 0 aromatic heterocycles. The van der Waals surface area contributed by atoms with Crippen LogP contribution in [0.4, 0.5) is 5.69 Å². The summed E-state index contributed by atoms with van der Waals surface area (Å²) in [5, 5.41) is 0. The molecular weight excluding hydrogens is 522 g/mol. The van der Waals surface area contributed by atoms with Gasteiger partial charge >= 0.3 is 0 Å². The lowest BCUT2D eigenvalue weighted by Gasteiger charge is -2.30. The number of para-hydroxylation sites is 2. The minimum atomic E-state index is 0.391. The van der Waals surface area contributed by atoms with E-state index in [4.69, 9.17) is 18.9 Å². The van der Waals surface area contributed by atoms with E-state index in [-0.39, 0.29) is 0 Å². The molecule has 0 fully saturated rings. The normalized spacial score (nSPS) is 16.3. The van der Waals surface area contributed by atoms with E-state index in [1.807, 2.05) is 72.8 Å². The molecule has 5 aromatic rings. The molecule has 0 aliphatic carbocycles. The van der Waals surface area contributed by atoms with E-state index >= 15 is 0 Å². The third-order valence-electron chi connectivity index (χ3n) is 8.23. The van der Waals surface area contributed by atoms with Gasteiger partial charge in [0.15, 0.2) is 6.73 Å². The average Bonchev–Trinajstić information content (AvgIpc) is 3.05. The summed E-state index contributed by atoms with van der Waals surface area (Å²) in [6, 6.07) is 40.8. The average molecular weight is 556 g/mol. The number of hydrogen-bond donors (Lipinski definition) is 0. The van der Waals surface area contributed by atoms with E-state index in [1.165, 1.54) is 16.7 Å². The summed E-state index contributed by atoms with van der Waals surface area (Å²) in [4.78, 5) is 2.20. The van der Waals surface area contributed by atoms with Crippen molar-refractivity contribution in [3.8, 4) is 34.5 Å². The van der Waals surface area contributed by atoms with Gasteiger partial charge in [-0.1, -0.05) is 55.5 Å². The van der Waals surface area contributed by atoms with Crippen molar-refractivity contribution in [1.29, 1.82) is 0 Å². The van der Waals surface area contributed by atoms with Crippen molar-refractivity contribution < 1.29 is 18.9 Å². The number of benzene rings is 5. The van der Waals surface area contributed by atoms with Crippen molar-refractivity contribution in [3.05, 3.63) is 138 Å². The van der Waals surface area contributed by atoms with E-state index in [0.717, 1.165) is 59.8 Å². The zero-order valence-electron chi connectivity index (χ0n) is 23.6. The van der Waals surface area contributed by atoms with Crippen molar-refractivity contribution in [2.45, 2.75) is 25.8 Å². The van der Waals surface area contributed by atoms with Crippen LogP contribution in [0.25, 0.3) is 0 Å². The maximum atomic E-state index is 6.12. The van der Waals surface area contributed by atoms with Crippen LogP contribution in [0.5, 0.6) is 34.5 Å². The van der Waals surface area contributed by atoms with Gasteiger partial charge in [0.2, 0.25) is 0 Å². The third kappa shape index (κ3) is 5.64. The van der Waals surface area contributed by atoms with Gasteiger partial charge in [-0.05, 0) is 96.3 Å². The number of rotatable bonds is 7. The second-order valence-electron chi connectivity index (χ2n) is 11.0. The molecule has 0 amide bonds. The van der Waals surface area contributed by atoms with Crippen molar-refractivity contribution in [2.24, 2.45) is 5.92 Å². The highest BCUT2D eigenvalue weighted by Gasteiger charge is 2.25. The first-order chi connectivity index (χ1) is 20.7. The molecule has 0 N–H and O–H groups in total. The van der Waals surface area contributed by atoms with Crippen LogP contribution in [-0.4, -0.2) is 13.3 Å². The van der Waals surface area contributed by atoms with Gasteiger partial charge < -0.3 is 23.8 Å². The topological polar surface area (TPSA) is 40.2 Å². The minimum absolute atomic E-state index is 0.391. The highest BCUT2D eigenvalue weighted by Crippen LogP contribution is 2.36. The maximum Gasteiger partial charge on any atom is 0.161 e. The molecule has 0 saturated heterocycles. The van der Waals surface area contributed by atoms with Crippen molar-refractivity contribution >= 4 is 5.69 Å². The Morgan fingerprint density at radius 2 is 1.14 bits per heavy atom. The third-order valence-corrected chi connectivity index (χ3v) is 8.23. The highest BCUT2D eigenvalue weighted by atomic mass is 16.5. The van der Waals surface area contributed by atoms with Crippen LogP contribution >= 0.6 is 0 Å². The molecule has 2 heterocycles. The fraction of sp³-hybridized carbons (Fsp3) is 0.189. The largest absolute Gasteiger partial charge is 0.493 e. The first-order valence-electron chi connectivity index (χ1n) is 14.5. The molecule has 42 heavy (non-hydrogen) atoms. The molecule has 0 spiro atoms. The molecule has 0 bridgehead atoms. The summed E-state index contributed by atoms with van der Waals surface area (Å²) in [6.45, 7) is 4.39. The van der Waals surface area contributed by atoms with Gasteiger partial charge in [-0.25, -0.2) is 0 Å². The predicted octanol–water partition coefficient (Wildman–Crippen LogP) is 8.98. The first-order valence-corrected chi connectivity index (χ1v) is 14.5. The summed E-state index contributed by atoms with van der Waals surface area (Å²) >= 11 is 0. The number of ether oxygens (including phenoxy) is 4. The molecule has 0 saturated carbocycles. The van der Waals surface area contributed by atoms with E-state index in [0.29, 0.717) is 18.6 Å². The fourth-order valence-electron chi connectivity index (χ4n) is 5.70. The van der Waals surface area contributed by atoms with Gasteiger partial charge in [0.1, 0.15) is 34.5 Å². The van der Waals surface area contributed by atoms with Gasteiger partial charge in [-0.3, -0.25) is 0 Å². The Hall–Kier alpha value is -4.90. The highest BCUT2D eigenvalue weighted by molar-refractivity contribution is 5.52. The van der Waals surface area contributed by atoms with Crippen LogP contribution in [-0.2, 0) is 13.0 Å². The molecule has 210 valence electrons. The Morgan fingerprint density at radius 3 is 1.79 bits per heavy atom. The van der Waals surface area contributed by atoms with Crippen LogP contribution in [0, 0.1) is 5.92 Å². The smallest absolute Gasteiger partial charge is 0.161 e. The Balaban J connectivity index is 0.932. The summed E-state index contributed by atoms with van der Waals surface area (Å²) in [6.07, 6.45) is 1.04. The molecule has 2 unspecified atom stereocenters. The zero-order valence-corrected chi connectivity index (χ0v) is 23.6. The molecule has 0 radical (unpaired) electrons. The first kappa shape index (κ1) is 26.0. The second-order valence-corrected chi connectivity index (χ2v) is 11.0. The van der Waals surface area contributed by atoms with E-state index in [1.54, 1.807) is 0 Å². The summed E-state index contributed by atoms with van der Waals surface area (Å²) < 4.78 is 24.1. The Labute approximate surface area is 246 Å². The Bertz CT molecular complexity index is 1650. The maximum absolute atomic E-state index is 6.12. The second kappa shape index (κ2) is 11.5. The molecular formula is C37H33NO4. The minimum Gasteiger partial charge on any atom is -0.493 e. The number of fused-ring (bicyclic) bond motifs is 2. The summed E-state index contributed by atoms with van der Waals surface area (Å²) in [5.74, 6) is 5.94. The Morgan fingerprint density at radius 1 is 0.619 bits per heavy atom. The van der Waals surface area contributed by atoms with Gasteiger partial charge in [-0.15, -0.1) is 0 Å². The molecule has 2 atom stereocenters. The van der Waals surface area contributed by atoms with Gasteiger partial charge in [0.25, 0.3) is 0 Å². The van der Waals surface area contributed by atoms with Gasteiger partial charge in [0, 0.05) is 23.7 Å². The van der Waals surface area contributed by atoms with Crippen molar-refractivity contribution in [1.82, 2.24) is 0 Å². The molecule has 5 aromatic carbocycles. The monoisotopic (exact) mass is 555 g/mol. The van der Waals surface area contributed by atoms with Gasteiger partial charge in [-0.2, -0.15) is 0 Å². The van der Waals surface area contributed by atoms with Crippen LogP contribution in [0.1, 0.15) is 29.5 Å². The zero-order chi connectivity index (χ0) is 28.3. The number of hydrogen-bond acceptors (Lipinski definition) is 5. The van der Waals surface area contributed by atoms with E-state index < -0.39 is 0 Å². The fourth-order valence-corrected chi connectivity index (χ4v) is 5.70. The molecule has 2 aliphatic rings. The summed E-state index contributed by atoms with van der Waals surface area (Å²) in [7, 11) is 0. The van der Waals surface area contributed by atoms with Crippen LogP contribution in [0.15, 0.2) is 121 Å². The lowest BCUT2D eigenvalue weighted by atomic mass is 9.82. The quantitative estimate of drug-likeness (QED) is 0.200. The lowest BCUT2D eigenvalue weighted by molar-refractivity contribution is 0.203. The number of nitrogens with zero attached hydrogens (tertiary/aromatic N) is 1.